The second-order valence-electron chi connectivity index (χ2n) is 11.5. The third-order valence-corrected chi connectivity index (χ3v) is 7.34. The molecule has 4 aromatic rings. The van der Waals surface area contributed by atoms with Crippen LogP contribution in [0.5, 0.6) is 0 Å². The van der Waals surface area contributed by atoms with E-state index in [0.29, 0.717) is 48.9 Å². The second kappa shape index (κ2) is 12.1. The highest BCUT2D eigenvalue weighted by Gasteiger charge is 2.20. The number of hydrogen-bond donors (Lipinski definition) is 2. The number of rotatable bonds is 6. The summed E-state index contributed by atoms with van der Waals surface area (Å²) in [5.41, 5.74) is 4.32. The van der Waals surface area contributed by atoms with Crippen molar-refractivity contribution in [3.63, 3.8) is 0 Å². The Morgan fingerprint density at radius 2 is 1.65 bits per heavy atom. The van der Waals surface area contributed by atoms with Gasteiger partial charge in [-0.05, 0) is 53.8 Å². The molecule has 5 rings (SSSR count). The molecular weight excluding hydrogens is 546 g/mol. The number of amides is 2. The van der Waals surface area contributed by atoms with Crippen molar-refractivity contribution in [1.82, 2.24) is 24.4 Å². The van der Waals surface area contributed by atoms with E-state index in [1.54, 1.807) is 60.9 Å². The van der Waals surface area contributed by atoms with Gasteiger partial charge in [-0.1, -0.05) is 32.9 Å². The summed E-state index contributed by atoms with van der Waals surface area (Å²) in [5, 5.41) is 6.00. The smallest absolute Gasteiger partial charge is 0.293 e. The summed E-state index contributed by atoms with van der Waals surface area (Å²) in [6.45, 7) is 10.2. The quantitative estimate of drug-likeness (QED) is 0.344. The van der Waals surface area contributed by atoms with Gasteiger partial charge in [-0.15, -0.1) is 0 Å². The minimum Gasteiger partial charge on any atom is -0.378 e. The van der Waals surface area contributed by atoms with Crippen molar-refractivity contribution in [2.24, 2.45) is 7.05 Å². The molecule has 1 aliphatic rings. The van der Waals surface area contributed by atoms with Crippen LogP contribution >= 0.6 is 0 Å². The van der Waals surface area contributed by atoms with Gasteiger partial charge >= 0.3 is 0 Å². The molecule has 2 N–H and O–H groups in total. The summed E-state index contributed by atoms with van der Waals surface area (Å²) < 4.78 is 6.78. The highest BCUT2D eigenvalue weighted by Crippen LogP contribution is 2.28. The van der Waals surface area contributed by atoms with Crippen molar-refractivity contribution in [3.8, 4) is 11.3 Å². The van der Waals surface area contributed by atoms with E-state index in [0.717, 1.165) is 16.7 Å². The molecule has 0 saturated carbocycles. The van der Waals surface area contributed by atoms with Gasteiger partial charge in [0, 0.05) is 61.2 Å². The first-order valence-corrected chi connectivity index (χ1v) is 14.1. The van der Waals surface area contributed by atoms with Gasteiger partial charge in [0.05, 0.1) is 18.9 Å². The number of carbonyl (C=O) groups is 2. The lowest BCUT2D eigenvalue weighted by Crippen LogP contribution is -2.40. The lowest BCUT2D eigenvalue weighted by molar-refractivity contribution is 0.0303. The zero-order chi connectivity index (χ0) is 30.7. The maximum absolute atomic E-state index is 13.0. The number of anilines is 3. The molecular formula is C32H35N7O4. The Morgan fingerprint density at radius 1 is 0.977 bits per heavy atom. The van der Waals surface area contributed by atoms with Crippen LogP contribution in [0.3, 0.4) is 0 Å². The van der Waals surface area contributed by atoms with Gasteiger partial charge < -0.3 is 24.8 Å². The summed E-state index contributed by atoms with van der Waals surface area (Å²) in [7, 11) is 1.66. The number of nitrogens with zero attached hydrogens (tertiary/aromatic N) is 5. The number of hydrogen-bond acceptors (Lipinski definition) is 8. The van der Waals surface area contributed by atoms with Crippen molar-refractivity contribution >= 4 is 29.0 Å². The molecule has 0 unspecified atom stereocenters. The predicted molar refractivity (Wildman–Crippen MR) is 165 cm³/mol. The molecule has 222 valence electrons. The number of aromatic nitrogens is 4. The molecule has 2 aromatic carbocycles. The van der Waals surface area contributed by atoms with Crippen molar-refractivity contribution < 1.29 is 14.3 Å². The minimum absolute atomic E-state index is 0.0539. The number of nitrogens with one attached hydrogen (secondary N) is 2. The van der Waals surface area contributed by atoms with Crippen LogP contribution < -0.4 is 16.2 Å². The van der Waals surface area contributed by atoms with Crippen molar-refractivity contribution in [2.45, 2.75) is 33.1 Å². The normalized spacial score (nSPS) is 13.5. The van der Waals surface area contributed by atoms with Crippen molar-refractivity contribution in [1.29, 1.82) is 0 Å². The van der Waals surface area contributed by atoms with Crippen LogP contribution in [0.4, 0.5) is 17.2 Å². The Bertz CT molecular complexity index is 1700. The fourth-order valence-electron chi connectivity index (χ4n) is 4.66. The van der Waals surface area contributed by atoms with Crippen LogP contribution in [-0.4, -0.2) is 62.5 Å². The molecule has 2 amide bonds. The number of ether oxygens (including phenoxy) is 1. The highest BCUT2D eigenvalue weighted by molar-refractivity contribution is 6.02. The maximum atomic E-state index is 13.0. The Kier molecular flexibility index (Phi) is 8.36. The van der Waals surface area contributed by atoms with Crippen LogP contribution in [0.15, 0.2) is 65.8 Å². The molecule has 2 aromatic heterocycles. The van der Waals surface area contributed by atoms with Gasteiger partial charge in [0.25, 0.3) is 17.4 Å². The van der Waals surface area contributed by atoms with Crippen LogP contribution in [-0.2, 0) is 17.2 Å². The topological polar surface area (TPSA) is 131 Å². The molecule has 1 fully saturated rings. The third-order valence-electron chi connectivity index (χ3n) is 7.34. The fraction of sp³-hybridized carbons (Fsp3) is 0.312. The summed E-state index contributed by atoms with van der Waals surface area (Å²) in [6, 6.07) is 12.4. The highest BCUT2D eigenvalue weighted by atomic mass is 16.5. The zero-order valence-corrected chi connectivity index (χ0v) is 25.0. The predicted octanol–water partition coefficient (Wildman–Crippen LogP) is 4.31. The molecule has 0 radical (unpaired) electrons. The van der Waals surface area contributed by atoms with E-state index in [2.05, 4.69) is 46.4 Å². The summed E-state index contributed by atoms with van der Waals surface area (Å²) in [6.07, 6.45) is 4.99. The molecule has 0 atom stereocenters. The van der Waals surface area contributed by atoms with Crippen LogP contribution in [0.2, 0.25) is 0 Å². The Labute approximate surface area is 250 Å². The Morgan fingerprint density at radius 3 is 2.30 bits per heavy atom. The van der Waals surface area contributed by atoms with E-state index in [-0.39, 0.29) is 28.5 Å². The van der Waals surface area contributed by atoms with E-state index in [4.69, 9.17) is 4.74 Å². The summed E-state index contributed by atoms with van der Waals surface area (Å²) in [4.78, 5) is 53.6. The Balaban J connectivity index is 1.35. The zero-order valence-electron chi connectivity index (χ0n) is 25.0. The molecule has 3 heterocycles. The van der Waals surface area contributed by atoms with Gasteiger partial charge in [-0.25, -0.2) is 15.0 Å². The van der Waals surface area contributed by atoms with Crippen LogP contribution in [0.1, 0.15) is 52.9 Å². The minimum atomic E-state index is -0.424. The maximum Gasteiger partial charge on any atom is 0.293 e. The molecule has 11 nitrogen and oxygen atoms in total. The van der Waals surface area contributed by atoms with E-state index in [1.165, 1.54) is 4.57 Å². The average Bonchev–Trinajstić information content (AvgIpc) is 3.00. The molecule has 0 spiro atoms. The molecule has 1 saturated heterocycles. The lowest BCUT2D eigenvalue weighted by Gasteiger charge is -2.26. The lowest BCUT2D eigenvalue weighted by atomic mass is 9.89. The number of benzene rings is 2. The largest absolute Gasteiger partial charge is 0.378 e. The second-order valence-corrected chi connectivity index (χ2v) is 11.5. The first-order valence-electron chi connectivity index (χ1n) is 14.1. The molecule has 0 aliphatic carbocycles. The van der Waals surface area contributed by atoms with Gasteiger partial charge in [-0.3, -0.25) is 14.4 Å². The van der Waals surface area contributed by atoms with E-state index < -0.39 is 5.91 Å². The summed E-state index contributed by atoms with van der Waals surface area (Å²) >= 11 is 0. The Hall–Kier alpha value is -4.90. The third kappa shape index (κ3) is 6.62. The van der Waals surface area contributed by atoms with E-state index in [1.807, 2.05) is 19.1 Å². The van der Waals surface area contributed by atoms with Gasteiger partial charge in [0.2, 0.25) is 5.82 Å². The molecule has 0 bridgehead atoms. The van der Waals surface area contributed by atoms with Crippen LogP contribution in [0, 0.1) is 6.92 Å². The molecule has 11 heteroatoms. The monoisotopic (exact) mass is 581 g/mol. The van der Waals surface area contributed by atoms with E-state index >= 15 is 0 Å². The average molecular weight is 582 g/mol. The number of aryl methyl sites for hydroxylation is 1. The fourth-order valence-corrected chi connectivity index (χ4v) is 4.66. The number of carbonyl (C=O) groups excluding carboxylic acids is 2. The summed E-state index contributed by atoms with van der Waals surface area (Å²) in [5.74, 6) is -0.274. The van der Waals surface area contributed by atoms with Crippen molar-refractivity contribution in [2.75, 3.05) is 36.9 Å². The van der Waals surface area contributed by atoms with Gasteiger partial charge in [0.1, 0.15) is 0 Å². The van der Waals surface area contributed by atoms with Gasteiger partial charge in [0.15, 0.2) is 5.82 Å². The first-order chi connectivity index (χ1) is 20.5. The van der Waals surface area contributed by atoms with Gasteiger partial charge in [-0.2, -0.15) is 0 Å². The number of morpholine rings is 1. The SMILES string of the molecule is Cc1c(NC(=O)c2ncc(C(C)(C)C)cn2)cccc1-c1cn(C)c(=O)c(Nc2ccc(C(=O)N3CCOCC3)cc2)n1. The standard InChI is InChI=1S/C32H35N7O4/c1-20-24(7-6-8-25(20)37-29(40)27-33-17-22(18-34-27)32(2,3)4)26-19-38(5)31(42)28(36-26)35-23-11-9-21(10-12-23)30(41)39-13-15-43-16-14-39/h6-12,17-19H,13-16H2,1-5H3,(H,35,36)(H,37,40). The first kappa shape index (κ1) is 29.6. The van der Waals surface area contributed by atoms with Crippen molar-refractivity contribution in [3.05, 3.63) is 93.9 Å². The van der Waals surface area contributed by atoms with E-state index in [9.17, 15) is 14.4 Å². The van der Waals surface area contributed by atoms with Crippen LogP contribution in [0.25, 0.3) is 11.3 Å². The molecule has 1 aliphatic heterocycles. The molecule has 43 heavy (non-hydrogen) atoms.